The van der Waals surface area contributed by atoms with Crippen LogP contribution in [-0.4, -0.2) is 17.6 Å². The lowest BCUT2D eigenvalue weighted by molar-refractivity contribution is 0.0989. The van der Waals surface area contributed by atoms with E-state index in [1.165, 1.54) is 11.6 Å². The zero-order chi connectivity index (χ0) is 13.4. The van der Waals surface area contributed by atoms with Crippen LogP contribution in [0.4, 0.5) is 5.69 Å². The molecule has 2 aromatic carbocycles. The fourth-order valence-electron chi connectivity index (χ4n) is 2.35. The summed E-state index contributed by atoms with van der Waals surface area (Å²) in [5.74, 6) is 0.00563. The van der Waals surface area contributed by atoms with Crippen LogP contribution in [0.25, 0.3) is 0 Å². The number of amides is 1. The molecule has 0 saturated carbocycles. The monoisotopic (exact) mass is 317 g/mol. The summed E-state index contributed by atoms with van der Waals surface area (Å²) in [5.41, 5.74) is 2.66. The van der Waals surface area contributed by atoms with Crippen molar-refractivity contribution in [3.05, 3.63) is 58.1 Å². The summed E-state index contributed by atoms with van der Waals surface area (Å²) in [6, 6.07) is 12.8. The van der Waals surface area contributed by atoms with E-state index < -0.39 is 0 Å². The molecule has 0 bridgehead atoms. The molecule has 0 fully saturated rings. The summed E-state index contributed by atoms with van der Waals surface area (Å²) in [7, 11) is 0. The Hall–Kier alpha value is -1.81. The molecule has 1 aliphatic rings. The quantitative estimate of drug-likeness (QED) is 0.876. The van der Waals surface area contributed by atoms with E-state index in [2.05, 4.69) is 15.9 Å². The van der Waals surface area contributed by atoms with Crippen molar-refractivity contribution in [1.82, 2.24) is 0 Å². The highest BCUT2D eigenvalue weighted by Crippen LogP contribution is 2.30. The first-order chi connectivity index (χ1) is 9.16. The topological polar surface area (TPSA) is 40.5 Å². The van der Waals surface area contributed by atoms with Gasteiger partial charge < -0.3 is 10.0 Å². The molecule has 0 unspecified atom stereocenters. The number of anilines is 1. The van der Waals surface area contributed by atoms with Crippen LogP contribution >= 0.6 is 15.9 Å². The third-order valence-corrected chi connectivity index (χ3v) is 4.00. The van der Waals surface area contributed by atoms with Gasteiger partial charge in [-0.1, -0.05) is 18.2 Å². The first kappa shape index (κ1) is 12.2. The highest BCUT2D eigenvalue weighted by Gasteiger charge is 2.25. The fraction of sp³-hybridized carbons (Fsp3) is 0.133. The SMILES string of the molecule is O=C(c1ccc(Br)c(O)c1)N1CCc2ccccc21. The molecule has 2 aromatic rings. The van der Waals surface area contributed by atoms with Crippen LogP contribution < -0.4 is 4.90 Å². The molecule has 0 aliphatic carbocycles. The predicted octanol–water partition coefficient (Wildman–Crippen LogP) is 3.36. The highest BCUT2D eigenvalue weighted by atomic mass is 79.9. The first-order valence-electron chi connectivity index (χ1n) is 6.05. The van der Waals surface area contributed by atoms with Gasteiger partial charge in [0.1, 0.15) is 5.75 Å². The van der Waals surface area contributed by atoms with Crippen molar-refractivity contribution in [1.29, 1.82) is 0 Å². The van der Waals surface area contributed by atoms with Crippen LogP contribution in [0.1, 0.15) is 15.9 Å². The van der Waals surface area contributed by atoms with Gasteiger partial charge in [0.25, 0.3) is 5.91 Å². The Kier molecular flexibility index (Phi) is 3.03. The number of benzene rings is 2. The smallest absolute Gasteiger partial charge is 0.258 e. The molecule has 0 atom stereocenters. The second kappa shape index (κ2) is 4.70. The second-order valence-electron chi connectivity index (χ2n) is 4.50. The molecule has 0 spiro atoms. The number of hydrogen-bond donors (Lipinski definition) is 1. The van der Waals surface area contributed by atoms with Crippen molar-refractivity contribution >= 4 is 27.5 Å². The number of hydrogen-bond acceptors (Lipinski definition) is 2. The van der Waals surface area contributed by atoms with Crippen LogP contribution in [0.2, 0.25) is 0 Å². The van der Waals surface area contributed by atoms with Crippen molar-refractivity contribution in [3.63, 3.8) is 0 Å². The van der Waals surface area contributed by atoms with Gasteiger partial charge in [0.15, 0.2) is 0 Å². The Morgan fingerprint density at radius 3 is 2.79 bits per heavy atom. The van der Waals surface area contributed by atoms with Crippen LogP contribution in [0.15, 0.2) is 46.9 Å². The van der Waals surface area contributed by atoms with Gasteiger partial charge in [-0.05, 0) is 52.2 Å². The third kappa shape index (κ3) is 2.12. The Balaban J connectivity index is 1.95. The maximum Gasteiger partial charge on any atom is 0.258 e. The van der Waals surface area contributed by atoms with Crippen LogP contribution in [-0.2, 0) is 6.42 Å². The minimum atomic E-state index is -0.0762. The Morgan fingerprint density at radius 1 is 1.21 bits per heavy atom. The average molecular weight is 318 g/mol. The van der Waals surface area contributed by atoms with Gasteiger partial charge in [-0.25, -0.2) is 0 Å². The molecule has 3 nitrogen and oxygen atoms in total. The minimum absolute atomic E-state index is 0.0762. The summed E-state index contributed by atoms with van der Waals surface area (Å²) in [6.07, 6.45) is 0.879. The molecule has 1 N–H and O–H groups in total. The lowest BCUT2D eigenvalue weighted by Crippen LogP contribution is -2.28. The largest absolute Gasteiger partial charge is 0.507 e. The van der Waals surface area contributed by atoms with E-state index in [9.17, 15) is 9.90 Å². The van der Waals surface area contributed by atoms with Gasteiger partial charge in [0, 0.05) is 17.8 Å². The molecule has 4 heteroatoms. The summed E-state index contributed by atoms with van der Waals surface area (Å²) in [6.45, 7) is 0.689. The van der Waals surface area contributed by atoms with Gasteiger partial charge in [0.2, 0.25) is 0 Å². The number of para-hydroxylation sites is 1. The summed E-state index contributed by atoms with van der Waals surface area (Å²) in [4.78, 5) is 14.2. The molecule has 0 saturated heterocycles. The summed E-state index contributed by atoms with van der Waals surface area (Å²) >= 11 is 3.21. The Bertz CT molecular complexity index is 654. The zero-order valence-electron chi connectivity index (χ0n) is 10.1. The molecule has 0 aromatic heterocycles. The number of carbonyl (C=O) groups excluding carboxylic acids is 1. The maximum atomic E-state index is 12.5. The second-order valence-corrected chi connectivity index (χ2v) is 5.36. The first-order valence-corrected chi connectivity index (χ1v) is 6.84. The van der Waals surface area contributed by atoms with Crippen LogP contribution in [0.5, 0.6) is 5.75 Å². The molecule has 0 radical (unpaired) electrons. The molecule has 96 valence electrons. The number of phenolic OH excluding ortho intramolecular Hbond substituents is 1. The minimum Gasteiger partial charge on any atom is -0.507 e. The van der Waals surface area contributed by atoms with Crippen molar-refractivity contribution in [2.75, 3.05) is 11.4 Å². The lowest BCUT2D eigenvalue weighted by atomic mass is 10.1. The molecule has 1 heterocycles. The standard InChI is InChI=1S/C15H12BrNO2/c16-12-6-5-11(9-14(12)18)15(19)17-8-7-10-3-1-2-4-13(10)17/h1-6,9,18H,7-8H2. The number of fused-ring (bicyclic) bond motifs is 1. The van der Waals surface area contributed by atoms with Gasteiger partial charge >= 0.3 is 0 Å². The summed E-state index contributed by atoms with van der Waals surface area (Å²) < 4.78 is 0.589. The van der Waals surface area contributed by atoms with Gasteiger partial charge in [-0.2, -0.15) is 0 Å². The van der Waals surface area contributed by atoms with Gasteiger partial charge in [-0.3, -0.25) is 4.79 Å². The number of halogens is 1. The van der Waals surface area contributed by atoms with Crippen molar-refractivity contribution in [2.45, 2.75) is 6.42 Å². The van der Waals surface area contributed by atoms with Gasteiger partial charge in [-0.15, -0.1) is 0 Å². The van der Waals surface area contributed by atoms with E-state index in [0.717, 1.165) is 12.1 Å². The van der Waals surface area contributed by atoms with E-state index in [0.29, 0.717) is 16.6 Å². The maximum absolute atomic E-state index is 12.5. The van der Waals surface area contributed by atoms with Crippen LogP contribution in [0, 0.1) is 0 Å². The van der Waals surface area contributed by atoms with Crippen LogP contribution in [0.3, 0.4) is 0 Å². The molecule has 1 amide bonds. The van der Waals surface area contributed by atoms with Gasteiger partial charge in [0.05, 0.1) is 4.47 Å². The fourth-order valence-corrected chi connectivity index (χ4v) is 2.60. The third-order valence-electron chi connectivity index (χ3n) is 3.33. The molecular weight excluding hydrogens is 306 g/mol. The number of carbonyl (C=O) groups is 1. The van der Waals surface area contributed by atoms with Crippen molar-refractivity contribution in [2.24, 2.45) is 0 Å². The zero-order valence-corrected chi connectivity index (χ0v) is 11.7. The normalized spacial score (nSPS) is 13.4. The lowest BCUT2D eigenvalue weighted by Gasteiger charge is -2.17. The van der Waals surface area contributed by atoms with Crippen molar-refractivity contribution < 1.29 is 9.90 Å². The predicted molar refractivity (Wildman–Crippen MR) is 77.6 cm³/mol. The van der Waals surface area contributed by atoms with E-state index in [-0.39, 0.29) is 11.7 Å². The molecule has 1 aliphatic heterocycles. The number of rotatable bonds is 1. The Labute approximate surface area is 119 Å². The van der Waals surface area contributed by atoms with E-state index >= 15 is 0 Å². The number of aromatic hydroxyl groups is 1. The van der Waals surface area contributed by atoms with E-state index in [1.54, 1.807) is 17.0 Å². The highest BCUT2D eigenvalue weighted by molar-refractivity contribution is 9.10. The number of nitrogens with zero attached hydrogens (tertiary/aromatic N) is 1. The molecule has 3 rings (SSSR count). The van der Waals surface area contributed by atoms with E-state index in [4.69, 9.17) is 0 Å². The molecule has 19 heavy (non-hydrogen) atoms. The summed E-state index contributed by atoms with van der Waals surface area (Å²) in [5, 5.41) is 9.67. The average Bonchev–Trinajstić information content (AvgIpc) is 2.85. The molecular formula is C15H12BrNO2. The van der Waals surface area contributed by atoms with Crippen molar-refractivity contribution in [3.8, 4) is 5.75 Å². The number of phenols is 1. The Morgan fingerprint density at radius 2 is 2.00 bits per heavy atom. The van der Waals surface area contributed by atoms with E-state index in [1.807, 2.05) is 24.3 Å².